The van der Waals surface area contributed by atoms with Crippen molar-refractivity contribution in [2.24, 2.45) is 0 Å². The lowest BCUT2D eigenvalue weighted by Gasteiger charge is -2.12. The van der Waals surface area contributed by atoms with Gasteiger partial charge in [-0.3, -0.25) is 0 Å². The van der Waals surface area contributed by atoms with Gasteiger partial charge in [0, 0.05) is 12.2 Å². The normalized spacial score (nSPS) is 15.8. The lowest BCUT2D eigenvalue weighted by atomic mass is 10.1. The van der Waals surface area contributed by atoms with E-state index in [-0.39, 0.29) is 0 Å². The van der Waals surface area contributed by atoms with E-state index in [4.69, 9.17) is 0 Å². The second-order valence-electron chi connectivity index (χ2n) is 6.18. The quantitative estimate of drug-likeness (QED) is 0.802. The van der Waals surface area contributed by atoms with Crippen LogP contribution in [0, 0.1) is 0 Å². The summed E-state index contributed by atoms with van der Waals surface area (Å²) >= 11 is 1.53. The van der Waals surface area contributed by atoms with Gasteiger partial charge in [0.1, 0.15) is 10.6 Å². The van der Waals surface area contributed by atoms with Crippen LogP contribution < -0.4 is 0 Å². The Morgan fingerprint density at radius 1 is 1.29 bits per heavy atom. The first kappa shape index (κ1) is 13.0. The number of fused-ring (bicyclic) bond motifs is 1. The zero-order valence-electron chi connectivity index (χ0n) is 12.1. The summed E-state index contributed by atoms with van der Waals surface area (Å²) in [6, 6.07) is 7.01. The summed E-state index contributed by atoms with van der Waals surface area (Å²) < 4.78 is 2.27. The topological polar surface area (TPSA) is 50.9 Å². The first-order chi connectivity index (χ1) is 10.0. The summed E-state index contributed by atoms with van der Waals surface area (Å²) in [5, 5.41) is 10.8. The van der Waals surface area contributed by atoms with Gasteiger partial charge in [0.2, 0.25) is 0 Å². The SMILES string of the molecule is CC(C)(O)c1ncc(-c2ccc3c(c2)ncn3C2CC2)s1. The zero-order chi connectivity index (χ0) is 14.6. The molecule has 0 unspecified atom stereocenters. The van der Waals surface area contributed by atoms with Crippen LogP contribution in [0.5, 0.6) is 0 Å². The van der Waals surface area contributed by atoms with Crippen LogP contribution in [0.15, 0.2) is 30.7 Å². The molecule has 5 heteroatoms. The van der Waals surface area contributed by atoms with E-state index in [9.17, 15) is 5.11 Å². The summed E-state index contributed by atoms with van der Waals surface area (Å²) in [5.74, 6) is 0. The van der Waals surface area contributed by atoms with Crippen molar-refractivity contribution in [1.29, 1.82) is 0 Å². The molecule has 0 aliphatic heterocycles. The first-order valence-corrected chi connectivity index (χ1v) is 8.00. The van der Waals surface area contributed by atoms with Crippen molar-refractivity contribution in [3.05, 3.63) is 35.7 Å². The molecule has 0 spiro atoms. The minimum absolute atomic E-state index is 0.644. The molecule has 2 aromatic heterocycles. The van der Waals surface area contributed by atoms with Gasteiger partial charge in [-0.05, 0) is 44.4 Å². The summed E-state index contributed by atoms with van der Waals surface area (Å²) in [7, 11) is 0. The standard InChI is InChI=1S/C16H17N3OS/c1-16(2,20)15-17-8-14(21-15)10-3-6-13-12(7-10)18-9-19(13)11-4-5-11/h3,6-9,11,20H,4-5H2,1-2H3. The molecular formula is C16H17N3OS. The second-order valence-corrected chi connectivity index (χ2v) is 7.21. The zero-order valence-corrected chi connectivity index (χ0v) is 12.9. The molecule has 4 nitrogen and oxygen atoms in total. The third-order valence-electron chi connectivity index (χ3n) is 3.83. The lowest BCUT2D eigenvalue weighted by molar-refractivity contribution is 0.0783. The molecule has 1 N–H and O–H groups in total. The molecule has 0 atom stereocenters. The Hall–Kier alpha value is -1.72. The highest BCUT2D eigenvalue weighted by Crippen LogP contribution is 2.38. The Bertz CT molecular complexity index is 808. The third-order valence-corrected chi connectivity index (χ3v) is 5.19. The lowest BCUT2D eigenvalue weighted by Crippen LogP contribution is -2.14. The van der Waals surface area contributed by atoms with Crippen LogP contribution in [0.4, 0.5) is 0 Å². The molecule has 2 heterocycles. The smallest absolute Gasteiger partial charge is 0.124 e. The molecule has 1 aliphatic carbocycles. The number of hydrogen-bond donors (Lipinski definition) is 1. The fraction of sp³-hybridized carbons (Fsp3) is 0.375. The molecule has 3 aromatic rings. The van der Waals surface area contributed by atoms with Gasteiger partial charge in [-0.25, -0.2) is 9.97 Å². The van der Waals surface area contributed by atoms with Gasteiger partial charge >= 0.3 is 0 Å². The fourth-order valence-corrected chi connectivity index (χ4v) is 3.43. The summed E-state index contributed by atoms with van der Waals surface area (Å²) in [6.07, 6.45) is 6.30. The van der Waals surface area contributed by atoms with Crippen LogP contribution >= 0.6 is 11.3 Å². The largest absolute Gasteiger partial charge is 0.383 e. The number of hydrogen-bond acceptors (Lipinski definition) is 4. The van der Waals surface area contributed by atoms with Gasteiger partial charge < -0.3 is 9.67 Å². The number of rotatable bonds is 3. The van der Waals surface area contributed by atoms with Gasteiger partial charge in [-0.15, -0.1) is 11.3 Å². The predicted molar refractivity (Wildman–Crippen MR) is 84.4 cm³/mol. The van der Waals surface area contributed by atoms with E-state index in [0.717, 1.165) is 21.0 Å². The van der Waals surface area contributed by atoms with Crippen molar-refractivity contribution in [3.8, 4) is 10.4 Å². The minimum atomic E-state index is -0.888. The van der Waals surface area contributed by atoms with E-state index in [1.54, 1.807) is 13.8 Å². The third kappa shape index (κ3) is 2.26. The van der Waals surface area contributed by atoms with Crippen molar-refractivity contribution in [2.45, 2.75) is 38.3 Å². The maximum Gasteiger partial charge on any atom is 0.124 e. The molecule has 4 rings (SSSR count). The molecule has 0 amide bonds. The molecule has 1 aliphatic rings. The molecule has 108 valence electrons. The van der Waals surface area contributed by atoms with Crippen LogP contribution in [0.25, 0.3) is 21.5 Å². The maximum atomic E-state index is 10.0. The van der Waals surface area contributed by atoms with Crippen molar-refractivity contribution in [1.82, 2.24) is 14.5 Å². The van der Waals surface area contributed by atoms with Crippen LogP contribution in [0.3, 0.4) is 0 Å². The van der Waals surface area contributed by atoms with Crippen molar-refractivity contribution in [3.63, 3.8) is 0 Å². The van der Waals surface area contributed by atoms with E-state index in [1.807, 2.05) is 12.5 Å². The van der Waals surface area contributed by atoms with E-state index >= 15 is 0 Å². The average molecular weight is 299 g/mol. The van der Waals surface area contributed by atoms with Crippen LogP contribution in [-0.4, -0.2) is 19.6 Å². The number of aliphatic hydroxyl groups is 1. The number of imidazole rings is 1. The predicted octanol–water partition coefficient (Wildman–Crippen LogP) is 3.72. The Morgan fingerprint density at radius 3 is 2.76 bits per heavy atom. The molecule has 0 bridgehead atoms. The molecule has 1 aromatic carbocycles. The van der Waals surface area contributed by atoms with E-state index < -0.39 is 5.60 Å². The Kier molecular flexibility index (Phi) is 2.71. The van der Waals surface area contributed by atoms with E-state index in [2.05, 4.69) is 32.7 Å². The van der Waals surface area contributed by atoms with Crippen molar-refractivity contribution in [2.75, 3.05) is 0 Å². The summed E-state index contributed by atoms with van der Waals surface area (Å²) in [4.78, 5) is 9.91. The maximum absolute atomic E-state index is 10.0. The molecule has 0 radical (unpaired) electrons. The Labute approximate surface area is 127 Å². The number of aromatic nitrogens is 3. The number of thiazole rings is 1. The number of benzene rings is 1. The van der Waals surface area contributed by atoms with Crippen LogP contribution in [-0.2, 0) is 5.60 Å². The highest BCUT2D eigenvalue weighted by Gasteiger charge is 2.25. The van der Waals surface area contributed by atoms with E-state index in [1.165, 1.54) is 29.7 Å². The van der Waals surface area contributed by atoms with Crippen LogP contribution in [0.2, 0.25) is 0 Å². The average Bonchev–Trinajstić information content (AvgIpc) is 3.01. The van der Waals surface area contributed by atoms with Crippen molar-refractivity contribution >= 4 is 22.4 Å². The molecular weight excluding hydrogens is 282 g/mol. The molecule has 21 heavy (non-hydrogen) atoms. The van der Waals surface area contributed by atoms with Gasteiger partial charge in [0.15, 0.2) is 0 Å². The highest BCUT2D eigenvalue weighted by molar-refractivity contribution is 7.15. The van der Waals surface area contributed by atoms with Crippen LogP contribution in [0.1, 0.15) is 37.7 Å². The molecule has 0 saturated heterocycles. The first-order valence-electron chi connectivity index (χ1n) is 7.18. The molecule has 1 saturated carbocycles. The van der Waals surface area contributed by atoms with Gasteiger partial charge in [0.25, 0.3) is 0 Å². The summed E-state index contributed by atoms with van der Waals surface area (Å²) in [5.41, 5.74) is 2.45. The fourth-order valence-electron chi connectivity index (χ4n) is 2.52. The molecule has 1 fully saturated rings. The second kappa shape index (κ2) is 4.39. The minimum Gasteiger partial charge on any atom is -0.383 e. The monoisotopic (exact) mass is 299 g/mol. The Balaban J connectivity index is 1.75. The van der Waals surface area contributed by atoms with Gasteiger partial charge in [-0.2, -0.15) is 0 Å². The highest BCUT2D eigenvalue weighted by atomic mass is 32.1. The van der Waals surface area contributed by atoms with E-state index in [0.29, 0.717) is 6.04 Å². The number of nitrogens with zero attached hydrogens (tertiary/aromatic N) is 3. The van der Waals surface area contributed by atoms with Crippen molar-refractivity contribution < 1.29 is 5.11 Å². The van der Waals surface area contributed by atoms with Gasteiger partial charge in [0.05, 0.1) is 22.2 Å². The summed E-state index contributed by atoms with van der Waals surface area (Å²) in [6.45, 7) is 3.52. The Morgan fingerprint density at radius 2 is 2.10 bits per heavy atom. The van der Waals surface area contributed by atoms with Gasteiger partial charge in [-0.1, -0.05) is 6.07 Å².